The van der Waals surface area contributed by atoms with E-state index in [0.29, 0.717) is 16.6 Å². The van der Waals surface area contributed by atoms with E-state index in [4.69, 9.17) is 23.2 Å². The average Bonchev–Trinajstić information content (AvgIpc) is 2.83. The number of rotatable bonds is 2. The van der Waals surface area contributed by atoms with Crippen LogP contribution in [0.15, 0.2) is 18.3 Å². The summed E-state index contributed by atoms with van der Waals surface area (Å²) < 4.78 is 0. The molecule has 3 rings (SSSR count). The Kier molecular flexibility index (Phi) is 3.39. The Hall–Kier alpha value is -1.23. The molecule has 0 spiro atoms. The van der Waals surface area contributed by atoms with E-state index in [1.807, 2.05) is 6.20 Å². The smallest absolute Gasteiger partial charge is 0.121 e. The van der Waals surface area contributed by atoms with Gasteiger partial charge in [0, 0.05) is 48.9 Å². The molecule has 1 aliphatic rings. The number of phenols is 1. The van der Waals surface area contributed by atoms with Crippen LogP contribution in [-0.4, -0.2) is 26.7 Å². The van der Waals surface area contributed by atoms with Gasteiger partial charge in [-0.3, -0.25) is 10.00 Å². The van der Waals surface area contributed by atoms with Gasteiger partial charge in [-0.1, -0.05) is 23.2 Å². The molecule has 0 amide bonds. The lowest BCUT2D eigenvalue weighted by Gasteiger charge is -2.26. The number of nitrogens with one attached hydrogen (secondary N) is 1. The first-order valence-electron chi connectivity index (χ1n) is 6.04. The van der Waals surface area contributed by atoms with Gasteiger partial charge in [0.2, 0.25) is 0 Å². The zero-order valence-corrected chi connectivity index (χ0v) is 11.7. The maximum atomic E-state index is 9.91. The third-order valence-corrected chi connectivity index (χ3v) is 4.12. The highest BCUT2D eigenvalue weighted by Crippen LogP contribution is 2.31. The van der Waals surface area contributed by atoms with Crippen LogP contribution in [0.3, 0.4) is 0 Å². The van der Waals surface area contributed by atoms with Crippen LogP contribution in [-0.2, 0) is 19.5 Å². The van der Waals surface area contributed by atoms with Crippen molar-refractivity contribution >= 4 is 23.2 Å². The van der Waals surface area contributed by atoms with E-state index in [1.165, 1.54) is 17.3 Å². The number of halogens is 2. The molecular formula is C13H13Cl2N3O. The summed E-state index contributed by atoms with van der Waals surface area (Å²) in [5.74, 6) is 0.187. The minimum absolute atomic E-state index is 0.187. The summed E-state index contributed by atoms with van der Waals surface area (Å²) >= 11 is 11.9. The fraction of sp³-hybridized carbons (Fsp3) is 0.308. The van der Waals surface area contributed by atoms with Crippen LogP contribution in [0.1, 0.15) is 16.8 Å². The Morgan fingerprint density at radius 1 is 1.32 bits per heavy atom. The lowest BCUT2D eigenvalue weighted by atomic mass is 10.1. The van der Waals surface area contributed by atoms with E-state index in [2.05, 4.69) is 15.1 Å². The number of fused-ring (bicyclic) bond motifs is 1. The van der Waals surface area contributed by atoms with Crippen LogP contribution in [0.25, 0.3) is 0 Å². The van der Waals surface area contributed by atoms with Gasteiger partial charge in [0.15, 0.2) is 0 Å². The molecule has 1 aromatic heterocycles. The molecule has 1 aliphatic heterocycles. The Morgan fingerprint density at radius 3 is 2.95 bits per heavy atom. The molecule has 0 fully saturated rings. The second-order valence-corrected chi connectivity index (χ2v) is 5.54. The van der Waals surface area contributed by atoms with Crippen molar-refractivity contribution in [2.45, 2.75) is 19.5 Å². The number of hydrogen-bond acceptors (Lipinski definition) is 3. The maximum absolute atomic E-state index is 9.91. The number of hydrogen-bond donors (Lipinski definition) is 2. The molecule has 0 radical (unpaired) electrons. The summed E-state index contributed by atoms with van der Waals surface area (Å²) in [6, 6.07) is 3.22. The molecule has 2 heterocycles. The SMILES string of the molecule is Oc1cc(Cl)c(Cl)cc1CN1CCc2[nH]ncc2C1. The molecular weight excluding hydrogens is 285 g/mol. The third-order valence-electron chi connectivity index (χ3n) is 3.40. The van der Waals surface area contributed by atoms with Crippen molar-refractivity contribution in [3.8, 4) is 5.75 Å². The average molecular weight is 298 g/mol. The molecule has 0 unspecified atom stereocenters. The van der Waals surface area contributed by atoms with Gasteiger partial charge in [-0.25, -0.2) is 0 Å². The van der Waals surface area contributed by atoms with Crippen LogP contribution in [0, 0.1) is 0 Å². The van der Waals surface area contributed by atoms with Crippen LogP contribution < -0.4 is 0 Å². The quantitative estimate of drug-likeness (QED) is 0.896. The summed E-state index contributed by atoms with van der Waals surface area (Å²) in [6.45, 7) is 2.40. The molecule has 100 valence electrons. The summed E-state index contributed by atoms with van der Waals surface area (Å²) in [5, 5.41) is 17.8. The van der Waals surface area contributed by atoms with E-state index in [9.17, 15) is 5.11 Å². The number of benzene rings is 1. The predicted molar refractivity (Wildman–Crippen MR) is 74.5 cm³/mol. The zero-order chi connectivity index (χ0) is 13.4. The van der Waals surface area contributed by atoms with Gasteiger partial charge in [0.25, 0.3) is 0 Å². The number of aromatic hydroxyl groups is 1. The van der Waals surface area contributed by atoms with Gasteiger partial charge in [0.1, 0.15) is 5.75 Å². The third kappa shape index (κ3) is 2.56. The lowest BCUT2D eigenvalue weighted by molar-refractivity contribution is 0.241. The van der Waals surface area contributed by atoms with E-state index < -0.39 is 0 Å². The summed E-state index contributed by atoms with van der Waals surface area (Å²) in [7, 11) is 0. The van der Waals surface area contributed by atoms with Crippen molar-refractivity contribution in [1.29, 1.82) is 0 Å². The molecule has 0 aliphatic carbocycles. The van der Waals surface area contributed by atoms with Crippen LogP contribution in [0.5, 0.6) is 5.75 Å². The van der Waals surface area contributed by atoms with E-state index in [1.54, 1.807) is 6.07 Å². The second kappa shape index (κ2) is 5.04. The Labute approximate surface area is 121 Å². The maximum Gasteiger partial charge on any atom is 0.121 e. The fourth-order valence-electron chi connectivity index (χ4n) is 2.36. The van der Waals surface area contributed by atoms with Gasteiger partial charge >= 0.3 is 0 Å². The largest absolute Gasteiger partial charge is 0.508 e. The molecule has 0 atom stereocenters. The van der Waals surface area contributed by atoms with Crippen LogP contribution in [0.4, 0.5) is 0 Å². The number of aromatic nitrogens is 2. The minimum atomic E-state index is 0.187. The van der Waals surface area contributed by atoms with Gasteiger partial charge in [-0.15, -0.1) is 0 Å². The van der Waals surface area contributed by atoms with Crippen molar-refractivity contribution < 1.29 is 5.11 Å². The molecule has 19 heavy (non-hydrogen) atoms. The number of nitrogens with zero attached hydrogens (tertiary/aromatic N) is 2. The normalized spacial score (nSPS) is 15.5. The van der Waals surface area contributed by atoms with Gasteiger partial charge in [0.05, 0.1) is 16.2 Å². The van der Waals surface area contributed by atoms with Crippen LogP contribution in [0.2, 0.25) is 10.0 Å². The molecule has 0 bridgehead atoms. The molecule has 0 saturated heterocycles. The number of aromatic amines is 1. The summed E-state index contributed by atoms with van der Waals surface area (Å²) in [5.41, 5.74) is 3.21. The van der Waals surface area contributed by atoms with Crippen molar-refractivity contribution in [1.82, 2.24) is 15.1 Å². The van der Waals surface area contributed by atoms with Crippen LogP contribution >= 0.6 is 23.2 Å². The Balaban J connectivity index is 1.78. The van der Waals surface area contributed by atoms with E-state index in [0.717, 1.165) is 25.1 Å². The first-order valence-corrected chi connectivity index (χ1v) is 6.79. The van der Waals surface area contributed by atoms with Crippen molar-refractivity contribution in [2.24, 2.45) is 0 Å². The monoisotopic (exact) mass is 297 g/mol. The Morgan fingerprint density at radius 2 is 2.11 bits per heavy atom. The topological polar surface area (TPSA) is 52.1 Å². The second-order valence-electron chi connectivity index (χ2n) is 4.73. The minimum Gasteiger partial charge on any atom is -0.508 e. The molecule has 2 N–H and O–H groups in total. The number of phenolic OH excluding ortho intramolecular Hbond substituents is 1. The fourth-order valence-corrected chi connectivity index (χ4v) is 2.70. The van der Waals surface area contributed by atoms with E-state index in [-0.39, 0.29) is 5.75 Å². The van der Waals surface area contributed by atoms with E-state index >= 15 is 0 Å². The van der Waals surface area contributed by atoms with Crippen molar-refractivity contribution in [3.05, 3.63) is 45.2 Å². The molecule has 6 heteroatoms. The van der Waals surface area contributed by atoms with Gasteiger partial charge < -0.3 is 5.11 Å². The molecule has 0 saturated carbocycles. The highest BCUT2D eigenvalue weighted by molar-refractivity contribution is 6.42. The Bertz CT molecular complexity index is 612. The predicted octanol–water partition coefficient (Wildman–Crippen LogP) is 2.98. The zero-order valence-electron chi connectivity index (χ0n) is 10.2. The first-order chi connectivity index (χ1) is 9.13. The summed E-state index contributed by atoms with van der Waals surface area (Å²) in [6.07, 6.45) is 2.80. The number of H-pyrrole nitrogens is 1. The highest BCUT2D eigenvalue weighted by Gasteiger charge is 2.19. The molecule has 1 aromatic carbocycles. The summed E-state index contributed by atoms with van der Waals surface area (Å²) in [4.78, 5) is 2.25. The standard InChI is InChI=1S/C13H13Cl2N3O/c14-10-3-8(13(19)4-11(10)15)6-18-2-1-12-9(7-18)5-16-17-12/h3-5,19H,1-2,6-7H2,(H,16,17). The van der Waals surface area contributed by atoms with Gasteiger partial charge in [-0.2, -0.15) is 5.10 Å². The van der Waals surface area contributed by atoms with Gasteiger partial charge in [-0.05, 0) is 6.07 Å². The van der Waals surface area contributed by atoms with Crippen molar-refractivity contribution in [3.63, 3.8) is 0 Å². The van der Waals surface area contributed by atoms with Crippen molar-refractivity contribution in [2.75, 3.05) is 6.54 Å². The molecule has 4 nitrogen and oxygen atoms in total. The first kappa shape index (κ1) is 12.8. The molecule has 2 aromatic rings. The lowest BCUT2D eigenvalue weighted by Crippen LogP contribution is -2.29. The highest BCUT2D eigenvalue weighted by atomic mass is 35.5.